The lowest BCUT2D eigenvalue weighted by Gasteiger charge is -2.36. The van der Waals surface area contributed by atoms with Crippen LogP contribution in [0, 0.1) is 11.6 Å². The van der Waals surface area contributed by atoms with Gasteiger partial charge in [0, 0.05) is 61.9 Å². The lowest BCUT2D eigenvalue weighted by molar-refractivity contribution is -0.192. The molecule has 1 saturated carbocycles. The van der Waals surface area contributed by atoms with Gasteiger partial charge >= 0.3 is 12.1 Å². The van der Waals surface area contributed by atoms with Crippen molar-refractivity contribution in [1.29, 1.82) is 0 Å². The normalized spacial score (nSPS) is 20.4. The summed E-state index contributed by atoms with van der Waals surface area (Å²) in [6.07, 6.45) is -0.967. The Morgan fingerprint density at radius 2 is 1.70 bits per heavy atom. The molecule has 1 aliphatic carbocycles. The van der Waals surface area contributed by atoms with Gasteiger partial charge in [-0.15, -0.1) is 0 Å². The molecule has 1 atom stereocenters. The molecule has 2 saturated heterocycles. The fraction of sp³-hybridized carbons (Fsp3) is 0.565. The van der Waals surface area contributed by atoms with Gasteiger partial charge in [-0.1, -0.05) is 0 Å². The number of aromatic nitrogens is 2. The van der Waals surface area contributed by atoms with Crippen molar-refractivity contribution in [2.75, 3.05) is 30.8 Å². The van der Waals surface area contributed by atoms with E-state index in [1.165, 1.54) is 11.5 Å². The zero-order valence-electron chi connectivity index (χ0n) is 21.0. The Balaban J connectivity index is 0.000000470. The number of carbonyl (C=O) groups excluding carboxylic acids is 1. The first-order chi connectivity index (χ1) is 18.6. The van der Waals surface area contributed by atoms with E-state index in [4.69, 9.17) is 14.6 Å². The van der Waals surface area contributed by atoms with Crippen LogP contribution in [0.2, 0.25) is 0 Å². The van der Waals surface area contributed by atoms with E-state index in [9.17, 15) is 35.2 Å². The quantitative estimate of drug-likeness (QED) is 0.488. The Kier molecular flexibility index (Phi) is 8.54. The lowest BCUT2D eigenvalue weighted by atomic mass is 10.0. The molecular formula is C23H25F5N4O6S2. The molecule has 0 radical (unpaired) electrons. The van der Waals surface area contributed by atoms with Crippen molar-refractivity contribution in [3.63, 3.8) is 0 Å². The fourth-order valence-corrected chi connectivity index (χ4v) is 5.94. The molecule has 5 rings (SSSR count). The summed E-state index contributed by atoms with van der Waals surface area (Å²) < 4.78 is 93.3. The van der Waals surface area contributed by atoms with Crippen molar-refractivity contribution in [1.82, 2.24) is 14.3 Å². The Morgan fingerprint density at radius 3 is 2.25 bits per heavy atom. The maximum absolute atomic E-state index is 14.4. The molecule has 40 heavy (non-hydrogen) atoms. The number of benzene rings is 1. The third-order valence-electron chi connectivity index (χ3n) is 6.64. The maximum atomic E-state index is 14.4. The van der Waals surface area contributed by atoms with Crippen LogP contribution < -0.4 is 9.64 Å². The molecule has 1 N–H and O–H groups in total. The molecule has 2 aromatic rings. The van der Waals surface area contributed by atoms with Crippen LogP contribution in [-0.4, -0.2) is 83.9 Å². The Bertz CT molecular complexity index is 1370. The van der Waals surface area contributed by atoms with E-state index in [2.05, 4.69) is 14.3 Å². The van der Waals surface area contributed by atoms with Gasteiger partial charge in [0.2, 0.25) is 5.13 Å². The van der Waals surface area contributed by atoms with Crippen molar-refractivity contribution in [2.45, 2.75) is 61.2 Å². The summed E-state index contributed by atoms with van der Waals surface area (Å²) in [7, 11) is -3.92. The average molecular weight is 613 g/mol. The van der Waals surface area contributed by atoms with Gasteiger partial charge in [-0.05, 0) is 31.7 Å². The SMILES string of the molecule is CS(=O)(=O)c1cc(F)c(OC2CCN(C3CCN(c4nc(C5CC5)ns4)CC3)C2=O)cc1F.O=C(O)C(F)(F)F. The zero-order chi connectivity index (χ0) is 29.4. The van der Waals surface area contributed by atoms with Crippen LogP contribution in [-0.2, 0) is 19.4 Å². The number of carboxylic acid groups (broad SMARTS) is 1. The van der Waals surface area contributed by atoms with Gasteiger partial charge in [0.15, 0.2) is 27.5 Å². The number of likely N-dealkylation sites (tertiary alicyclic amines) is 1. The van der Waals surface area contributed by atoms with Crippen LogP contribution in [0.15, 0.2) is 17.0 Å². The second-order valence-electron chi connectivity index (χ2n) is 9.64. The van der Waals surface area contributed by atoms with Crippen LogP contribution in [0.3, 0.4) is 0 Å². The number of sulfone groups is 1. The summed E-state index contributed by atoms with van der Waals surface area (Å²) in [6, 6.07) is 1.33. The predicted molar refractivity (Wildman–Crippen MR) is 131 cm³/mol. The fourth-order valence-electron chi connectivity index (χ4n) is 4.42. The molecule has 0 spiro atoms. The molecule has 220 valence electrons. The second kappa shape index (κ2) is 11.4. The van der Waals surface area contributed by atoms with Crippen molar-refractivity contribution in [2.24, 2.45) is 0 Å². The largest absolute Gasteiger partial charge is 0.490 e. The summed E-state index contributed by atoms with van der Waals surface area (Å²) in [5.41, 5.74) is 0. The molecule has 1 amide bonds. The predicted octanol–water partition coefficient (Wildman–Crippen LogP) is 3.38. The number of hydrogen-bond acceptors (Lipinski definition) is 9. The first-order valence-corrected chi connectivity index (χ1v) is 14.9. The topological polar surface area (TPSA) is 130 Å². The molecule has 17 heteroatoms. The molecule has 0 bridgehead atoms. The average Bonchev–Trinajstić information content (AvgIpc) is 3.49. The highest BCUT2D eigenvalue weighted by molar-refractivity contribution is 7.90. The van der Waals surface area contributed by atoms with E-state index in [0.29, 0.717) is 31.0 Å². The smallest absolute Gasteiger partial charge is 0.477 e. The number of carboxylic acids is 1. The first-order valence-electron chi connectivity index (χ1n) is 12.2. The van der Waals surface area contributed by atoms with E-state index in [1.54, 1.807) is 4.90 Å². The molecule has 3 aliphatic rings. The molecule has 3 heterocycles. The summed E-state index contributed by atoms with van der Waals surface area (Å²) in [6.45, 7) is 2.02. The monoisotopic (exact) mass is 612 g/mol. The number of aliphatic carboxylic acids is 1. The van der Waals surface area contributed by atoms with Gasteiger partial charge in [0.05, 0.1) is 0 Å². The second-order valence-corrected chi connectivity index (χ2v) is 12.4. The van der Waals surface area contributed by atoms with Crippen molar-refractivity contribution < 1.29 is 49.8 Å². The van der Waals surface area contributed by atoms with Gasteiger partial charge in [-0.2, -0.15) is 17.5 Å². The van der Waals surface area contributed by atoms with Crippen molar-refractivity contribution >= 4 is 38.4 Å². The van der Waals surface area contributed by atoms with E-state index < -0.39 is 50.4 Å². The number of anilines is 1. The van der Waals surface area contributed by atoms with Crippen LogP contribution in [0.25, 0.3) is 0 Å². The number of alkyl halides is 3. The Hall–Kier alpha value is -3.08. The van der Waals surface area contributed by atoms with E-state index in [0.717, 1.165) is 56.0 Å². The molecule has 1 aromatic heterocycles. The zero-order valence-corrected chi connectivity index (χ0v) is 22.7. The molecule has 1 unspecified atom stereocenters. The standard InChI is InChI=1S/C21H24F2N4O4S2.C2HF3O2/c1-33(29,30)18-11-14(22)17(10-15(18)23)31-16-6-9-27(20(16)28)13-4-7-26(8-5-13)21-24-19(25-32-21)12-2-3-12;3-2(4,5)1(6)7/h10-13,16H,2-9H2,1H3;(H,6,7). The summed E-state index contributed by atoms with van der Waals surface area (Å²) >= 11 is 1.43. The number of carbonyl (C=O) groups is 2. The number of rotatable bonds is 6. The maximum Gasteiger partial charge on any atom is 0.490 e. The highest BCUT2D eigenvalue weighted by Crippen LogP contribution is 2.40. The van der Waals surface area contributed by atoms with E-state index in [-0.39, 0.29) is 11.9 Å². The Morgan fingerprint density at radius 1 is 1.07 bits per heavy atom. The number of hydrogen-bond donors (Lipinski definition) is 1. The van der Waals surface area contributed by atoms with Crippen LogP contribution in [0.5, 0.6) is 5.75 Å². The summed E-state index contributed by atoms with van der Waals surface area (Å²) in [5, 5.41) is 8.05. The Labute approximate surface area is 229 Å². The van der Waals surface area contributed by atoms with Crippen LogP contribution >= 0.6 is 11.5 Å². The van der Waals surface area contributed by atoms with Gasteiger partial charge in [0.25, 0.3) is 5.91 Å². The number of piperidine rings is 1. The third kappa shape index (κ3) is 6.97. The van der Waals surface area contributed by atoms with Crippen LogP contribution in [0.4, 0.5) is 27.1 Å². The van der Waals surface area contributed by atoms with E-state index in [1.807, 2.05) is 0 Å². The van der Waals surface area contributed by atoms with Gasteiger partial charge in [0.1, 0.15) is 16.5 Å². The van der Waals surface area contributed by atoms with Gasteiger partial charge < -0.3 is 19.6 Å². The number of amides is 1. The third-order valence-corrected chi connectivity index (χ3v) is 8.54. The molecular weight excluding hydrogens is 587 g/mol. The first kappa shape index (κ1) is 29.9. The lowest BCUT2D eigenvalue weighted by Crippen LogP contribution is -2.47. The van der Waals surface area contributed by atoms with Gasteiger partial charge in [-0.3, -0.25) is 4.79 Å². The highest BCUT2D eigenvalue weighted by Gasteiger charge is 2.40. The van der Waals surface area contributed by atoms with Gasteiger partial charge in [-0.25, -0.2) is 27.0 Å². The number of halogens is 5. The minimum Gasteiger partial charge on any atom is -0.477 e. The van der Waals surface area contributed by atoms with E-state index >= 15 is 0 Å². The minimum absolute atomic E-state index is 0.0485. The highest BCUT2D eigenvalue weighted by atomic mass is 32.2. The summed E-state index contributed by atoms with van der Waals surface area (Å²) in [5.74, 6) is -4.13. The molecule has 10 nitrogen and oxygen atoms in total. The van der Waals surface area contributed by atoms with Crippen molar-refractivity contribution in [3.05, 3.63) is 29.6 Å². The summed E-state index contributed by atoms with van der Waals surface area (Å²) in [4.78, 5) is 29.7. The minimum atomic E-state index is -5.08. The van der Waals surface area contributed by atoms with Crippen LogP contribution in [0.1, 0.15) is 43.8 Å². The molecule has 3 fully saturated rings. The molecule has 2 aliphatic heterocycles. The number of nitrogens with zero attached hydrogens (tertiary/aromatic N) is 4. The van der Waals surface area contributed by atoms with Crippen molar-refractivity contribution in [3.8, 4) is 5.75 Å². The number of ether oxygens (including phenoxy) is 1. The molecule has 1 aromatic carbocycles.